The van der Waals surface area contributed by atoms with Crippen LogP contribution >= 0.6 is 0 Å². The predicted octanol–water partition coefficient (Wildman–Crippen LogP) is 3.21. The third kappa shape index (κ3) is 3.17. The van der Waals surface area contributed by atoms with Crippen molar-refractivity contribution in [3.05, 3.63) is 30.1 Å². The number of carbonyl (C=O) groups excluding carboxylic acids is 1. The Morgan fingerprint density at radius 1 is 1.24 bits per heavy atom. The number of rotatable bonds is 2. The average molecular weight is 286 g/mol. The highest BCUT2D eigenvalue weighted by Gasteiger charge is 2.19. The van der Waals surface area contributed by atoms with Gasteiger partial charge in [-0.2, -0.15) is 0 Å². The Kier molecular flexibility index (Phi) is 4.08. The third-order valence-corrected chi connectivity index (χ3v) is 4.05. The SMILES string of the molecule is CC(NC(=O)N1CCCCCC1)c1nc2ccccc2[nH]1. The molecule has 0 bridgehead atoms. The molecule has 1 aromatic heterocycles. The second kappa shape index (κ2) is 6.16. The fourth-order valence-corrected chi connectivity index (χ4v) is 2.80. The highest BCUT2D eigenvalue weighted by atomic mass is 16.2. The first kappa shape index (κ1) is 13.9. The first-order valence-corrected chi connectivity index (χ1v) is 7.74. The van der Waals surface area contributed by atoms with Gasteiger partial charge in [0.1, 0.15) is 5.82 Å². The summed E-state index contributed by atoms with van der Waals surface area (Å²) < 4.78 is 0. The van der Waals surface area contributed by atoms with Gasteiger partial charge in [0.15, 0.2) is 0 Å². The van der Waals surface area contributed by atoms with Crippen molar-refractivity contribution in [3.63, 3.8) is 0 Å². The van der Waals surface area contributed by atoms with Crippen molar-refractivity contribution in [3.8, 4) is 0 Å². The van der Waals surface area contributed by atoms with E-state index in [1.165, 1.54) is 12.8 Å². The summed E-state index contributed by atoms with van der Waals surface area (Å²) in [7, 11) is 0. The van der Waals surface area contributed by atoms with Crippen molar-refractivity contribution in [1.82, 2.24) is 20.2 Å². The second-order valence-corrected chi connectivity index (χ2v) is 5.71. The largest absolute Gasteiger partial charge is 0.340 e. The molecule has 1 saturated heterocycles. The molecule has 0 spiro atoms. The number of aromatic nitrogens is 2. The molecule has 21 heavy (non-hydrogen) atoms. The average Bonchev–Trinajstić information content (AvgIpc) is 2.73. The number of fused-ring (bicyclic) bond motifs is 1. The maximum atomic E-state index is 12.3. The van der Waals surface area contributed by atoms with E-state index in [-0.39, 0.29) is 12.1 Å². The molecule has 5 heteroatoms. The number of amides is 2. The monoisotopic (exact) mass is 286 g/mol. The van der Waals surface area contributed by atoms with Gasteiger partial charge in [-0.25, -0.2) is 9.78 Å². The van der Waals surface area contributed by atoms with Crippen LogP contribution in [0.3, 0.4) is 0 Å². The van der Waals surface area contributed by atoms with Crippen LogP contribution in [0.4, 0.5) is 4.79 Å². The van der Waals surface area contributed by atoms with Crippen molar-refractivity contribution in [2.45, 2.75) is 38.6 Å². The fourth-order valence-electron chi connectivity index (χ4n) is 2.80. The Labute approximate surface area is 124 Å². The topological polar surface area (TPSA) is 61.0 Å². The van der Waals surface area contributed by atoms with Gasteiger partial charge in [0.2, 0.25) is 0 Å². The van der Waals surface area contributed by atoms with Crippen molar-refractivity contribution in [1.29, 1.82) is 0 Å². The Morgan fingerprint density at radius 2 is 1.95 bits per heavy atom. The number of likely N-dealkylation sites (tertiary alicyclic amines) is 1. The van der Waals surface area contributed by atoms with Crippen LogP contribution < -0.4 is 5.32 Å². The zero-order chi connectivity index (χ0) is 14.7. The minimum atomic E-state index is -0.117. The van der Waals surface area contributed by atoms with Gasteiger partial charge in [0.05, 0.1) is 17.1 Å². The summed E-state index contributed by atoms with van der Waals surface area (Å²) in [5.74, 6) is 0.805. The van der Waals surface area contributed by atoms with Crippen LogP contribution in [-0.2, 0) is 0 Å². The molecule has 0 saturated carbocycles. The minimum absolute atomic E-state index is 0.0184. The lowest BCUT2D eigenvalue weighted by atomic mass is 10.2. The molecular formula is C16H22N4O. The van der Waals surface area contributed by atoms with Gasteiger partial charge in [-0.05, 0) is 31.9 Å². The van der Waals surface area contributed by atoms with Gasteiger partial charge < -0.3 is 15.2 Å². The minimum Gasteiger partial charge on any atom is -0.340 e. The number of hydrogen-bond donors (Lipinski definition) is 2. The zero-order valence-electron chi connectivity index (χ0n) is 12.4. The standard InChI is InChI=1S/C16H22N4O/c1-12(15-18-13-8-4-5-9-14(13)19-15)17-16(21)20-10-6-2-3-7-11-20/h4-5,8-9,12H,2-3,6-7,10-11H2,1H3,(H,17,21)(H,18,19). The highest BCUT2D eigenvalue weighted by molar-refractivity contribution is 5.76. The predicted molar refractivity (Wildman–Crippen MR) is 83.1 cm³/mol. The van der Waals surface area contributed by atoms with Gasteiger partial charge >= 0.3 is 6.03 Å². The van der Waals surface area contributed by atoms with Crippen molar-refractivity contribution >= 4 is 17.1 Å². The lowest BCUT2D eigenvalue weighted by Gasteiger charge is -2.22. The van der Waals surface area contributed by atoms with E-state index in [2.05, 4.69) is 15.3 Å². The second-order valence-electron chi connectivity index (χ2n) is 5.71. The summed E-state index contributed by atoms with van der Waals surface area (Å²) in [5, 5.41) is 3.05. The number of carbonyl (C=O) groups is 1. The number of nitrogens with one attached hydrogen (secondary N) is 2. The fraction of sp³-hybridized carbons (Fsp3) is 0.500. The summed E-state index contributed by atoms with van der Waals surface area (Å²) in [6.07, 6.45) is 4.66. The zero-order valence-corrected chi connectivity index (χ0v) is 12.4. The number of H-pyrrole nitrogens is 1. The Morgan fingerprint density at radius 3 is 2.67 bits per heavy atom. The molecule has 1 fully saturated rings. The number of urea groups is 1. The normalized spacial score (nSPS) is 17.5. The molecule has 3 rings (SSSR count). The van der Waals surface area contributed by atoms with E-state index < -0.39 is 0 Å². The molecule has 2 aromatic rings. The van der Waals surface area contributed by atoms with Crippen molar-refractivity contribution in [2.24, 2.45) is 0 Å². The molecule has 1 aromatic carbocycles. The van der Waals surface area contributed by atoms with E-state index in [1.807, 2.05) is 36.1 Å². The molecular weight excluding hydrogens is 264 g/mol. The Bertz CT molecular complexity index is 581. The van der Waals surface area contributed by atoms with Gasteiger partial charge in [0, 0.05) is 13.1 Å². The Balaban J connectivity index is 1.67. The summed E-state index contributed by atoms with van der Waals surface area (Å²) in [6, 6.07) is 7.81. The summed E-state index contributed by atoms with van der Waals surface area (Å²) in [5.41, 5.74) is 1.94. The van der Waals surface area contributed by atoms with E-state index in [0.717, 1.165) is 42.8 Å². The van der Waals surface area contributed by atoms with Crippen molar-refractivity contribution in [2.75, 3.05) is 13.1 Å². The third-order valence-electron chi connectivity index (χ3n) is 4.05. The van der Waals surface area contributed by atoms with Crippen LogP contribution in [-0.4, -0.2) is 34.0 Å². The molecule has 2 N–H and O–H groups in total. The molecule has 112 valence electrons. The molecule has 2 heterocycles. The maximum absolute atomic E-state index is 12.3. The number of nitrogens with zero attached hydrogens (tertiary/aromatic N) is 2. The van der Waals surface area contributed by atoms with Crippen LogP contribution in [0.5, 0.6) is 0 Å². The first-order valence-electron chi connectivity index (χ1n) is 7.74. The lowest BCUT2D eigenvalue weighted by molar-refractivity contribution is 0.196. The molecule has 1 aliphatic heterocycles. The highest BCUT2D eigenvalue weighted by Crippen LogP contribution is 2.16. The smallest absolute Gasteiger partial charge is 0.317 e. The molecule has 1 aliphatic rings. The van der Waals surface area contributed by atoms with E-state index in [9.17, 15) is 4.79 Å². The van der Waals surface area contributed by atoms with E-state index in [0.29, 0.717) is 0 Å². The van der Waals surface area contributed by atoms with Crippen LogP contribution in [0.25, 0.3) is 11.0 Å². The molecule has 0 aliphatic carbocycles. The number of hydrogen-bond acceptors (Lipinski definition) is 2. The van der Waals surface area contributed by atoms with E-state index in [4.69, 9.17) is 0 Å². The molecule has 1 unspecified atom stereocenters. The molecule has 5 nitrogen and oxygen atoms in total. The van der Waals surface area contributed by atoms with Crippen molar-refractivity contribution < 1.29 is 4.79 Å². The van der Waals surface area contributed by atoms with Crippen LogP contribution in [0.15, 0.2) is 24.3 Å². The number of para-hydroxylation sites is 2. The van der Waals surface area contributed by atoms with Gasteiger partial charge in [-0.3, -0.25) is 0 Å². The molecule has 1 atom stereocenters. The Hall–Kier alpha value is -2.04. The van der Waals surface area contributed by atoms with E-state index >= 15 is 0 Å². The van der Waals surface area contributed by atoms with E-state index in [1.54, 1.807) is 0 Å². The quantitative estimate of drug-likeness (QED) is 0.890. The lowest BCUT2D eigenvalue weighted by Crippen LogP contribution is -2.41. The molecule has 0 radical (unpaired) electrons. The maximum Gasteiger partial charge on any atom is 0.317 e. The summed E-state index contributed by atoms with van der Waals surface area (Å²) in [6.45, 7) is 3.69. The van der Waals surface area contributed by atoms with Crippen LogP contribution in [0.2, 0.25) is 0 Å². The van der Waals surface area contributed by atoms with Crippen LogP contribution in [0.1, 0.15) is 44.5 Å². The number of aromatic amines is 1. The van der Waals surface area contributed by atoms with Gasteiger partial charge in [0.25, 0.3) is 0 Å². The summed E-state index contributed by atoms with van der Waals surface area (Å²) >= 11 is 0. The van der Waals surface area contributed by atoms with Gasteiger partial charge in [-0.15, -0.1) is 0 Å². The number of imidazole rings is 1. The molecule has 2 amide bonds. The van der Waals surface area contributed by atoms with Gasteiger partial charge in [-0.1, -0.05) is 25.0 Å². The number of benzene rings is 1. The first-order chi connectivity index (χ1) is 10.2. The summed E-state index contributed by atoms with van der Waals surface area (Å²) in [4.78, 5) is 22.1. The van der Waals surface area contributed by atoms with Crippen LogP contribution in [0, 0.1) is 0 Å².